The van der Waals surface area contributed by atoms with Crippen LogP contribution in [0.5, 0.6) is 11.5 Å². The van der Waals surface area contributed by atoms with Gasteiger partial charge in [0.05, 0.1) is 5.92 Å². The zero-order valence-corrected chi connectivity index (χ0v) is 12.9. The number of hydrogen-bond donors (Lipinski definition) is 1. The second-order valence-electron chi connectivity index (χ2n) is 5.50. The molecule has 2 rings (SSSR count). The van der Waals surface area contributed by atoms with E-state index in [0.29, 0.717) is 13.1 Å². The monoisotopic (exact) mass is 299 g/mol. The fourth-order valence-electron chi connectivity index (χ4n) is 2.25. The van der Waals surface area contributed by atoms with Crippen molar-refractivity contribution in [3.05, 3.63) is 60.2 Å². The van der Waals surface area contributed by atoms with Crippen molar-refractivity contribution in [2.24, 2.45) is 5.92 Å². The Kier molecular flexibility index (Phi) is 5.55. The summed E-state index contributed by atoms with van der Waals surface area (Å²) in [6.45, 7) is 2.91. The third kappa shape index (κ3) is 4.90. The van der Waals surface area contributed by atoms with Gasteiger partial charge in [-0.2, -0.15) is 0 Å². The fraction of sp³-hybridized carbons (Fsp3) is 0.278. The van der Waals surface area contributed by atoms with Gasteiger partial charge in [-0.15, -0.1) is 0 Å². The van der Waals surface area contributed by atoms with Gasteiger partial charge >= 0.3 is 5.97 Å². The van der Waals surface area contributed by atoms with E-state index in [0.717, 1.165) is 17.1 Å². The van der Waals surface area contributed by atoms with Crippen molar-refractivity contribution in [2.75, 3.05) is 13.6 Å². The molecule has 1 N–H and O–H groups in total. The van der Waals surface area contributed by atoms with E-state index in [-0.39, 0.29) is 5.92 Å². The van der Waals surface area contributed by atoms with Crippen LogP contribution in [0.4, 0.5) is 0 Å². The minimum Gasteiger partial charge on any atom is -0.481 e. The van der Waals surface area contributed by atoms with E-state index in [2.05, 4.69) is 0 Å². The molecule has 0 aliphatic carbocycles. The van der Waals surface area contributed by atoms with Crippen LogP contribution in [0.3, 0.4) is 0 Å². The van der Waals surface area contributed by atoms with Gasteiger partial charge in [0.25, 0.3) is 0 Å². The molecule has 0 aromatic heterocycles. The molecule has 0 saturated heterocycles. The average molecular weight is 299 g/mol. The summed E-state index contributed by atoms with van der Waals surface area (Å²) in [5.74, 6) is 0.428. The highest BCUT2D eigenvalue weighted by molar-refractivity contribution is 5.69. The van der Waals surface area contributed by atoms with E-state index >= 15 is 0 Å². The molecule has 116 valence electrons. The first-order valence-corrected chi connectivity index (χ1v) is 7.28. The number of para-hydroxylation sites is 1. The molecule has 4 heteroatoms. The third-order valence-electron chi connectivity index (χ3n) is 3.34. The Hall–Kier alpha value is -2.33. The highest BCUT2D eigenvalue weighted by Crippen LogP contribution is 2.22. The van der Waals surface area contributed by atoms with Crippen molar-refractivity contribution in [3.63, 3.8) is 0 Å². The first-order chi connectivity index (χ1) is 10.5. The van der Waals surface area contributed by atoms with E-state index in [1.165, 1.54) is 0 Å². The van der Waals surface area contributed by atoms with Gasteiger partial charge < -0.3 is 14.7 Å². The fourth-order valence-corrected chi connectivity index (χ4v) is 2.25. The van der Waals surface area contributed by atoms with Gasteiger partial charge in [0, 0.05) is 13.1 Å². The summed E-state index contributed by atoms with van der Waals surface area (Å²) in [5, 5.41) is 8.96. The number of carboxylic acids is 1. The van der Waals surface area contributed by atoms with Crippen LogP contribution in [0, 0.1) is 5.92 Å². The molecule has 0 aliphatic heterocycles. The molecule has 2 aromatic rings. The second kappa shape index (κ2) is 7.61. The normalized spacial score (nSPS) is 12.1. The van der Waals surface area contributed by atoms with Crippen molar-refractivity contribution < 1.29 is 14.6 Å². The zero-order valence-electron chi connectivity index (χ0n) is 12.9. The number of carbonyl (C=O) groups is 1. The molecule has 0 aliphatic rings. The van der Waals surface area contributed by atoms with Crippen molar-refractivity contribution in [1.82, 2.24) is 4.90 Å². The average Bonchev–Trinajstić information content (AvgIpc) is 2.48. The molecule has 0 fully saturated rings. The smallest absolute Gasteiger partial charge is 0.307 e. The lowest BCUT2D eigenvalue weighted by Crippen LogP contribution is -2.28. The Morgan fingerprint density at radius 2 is 1.82 bits per heavy atom. The molecular weight excluding hydrogens is 278 g/mol. The highest BCUT2D eigenvalue weighted by Gasteiger charge is 2.13. The lowest BCUT2D eigenvalue weighted by Gasteiger charge is -2.19. The van der Waals surface area contributed by atoms with Crippen molar-refractivity contribution in [1.29, 1.82) is 0 Å². The summed E-state index contributed by atoms with van der Waals surface area (Å²) >= 11 is 0. The number of aliphatic carboxylic acids is 1. The van der Waals surface area contributed by atoms with Crippen LogP contribution in [-0.4, -0.2) is 29.6 Å². The molecule has 2 aromatic carbocycles. The van der Waals surface area contributed by atoms with Gasteiger partial charge in [0.15, 0.2) is 0 Å². The number of nitrogens with zero attached hydrogens (tertiary/aromatic N) is 1. The minimum absolute atomic E-state index is 0.381. The van der Waals surface area contributed by atoms with Crippen LogP contribution < -0.4 is 4.74 Å². The maximum atomic E-state index is 10.9. The molecular formula is C18H21NO3. The summed E-state index contributed by atoms with van der Waals surface area (Å²) in [6.07, 6.45) is 0. The Labute approximate surface area is 131 Å². The molecule has 0 spiro atoms. The quantitative estimate of drug-likeness (QED) is 0.848. The molecule has 0 radical (unpaired) electrons. The van der Waals surface area contributed by atoms with E-state index in [9.17, 15) is 4.79 Å². The first kappa shape index (κ1) is 16.0. The van der Waals surface area contributed by atoms with Crippen LogP contribution in [0.1, 0.15) is 12.5 Å². The van der Waals surface area contributed by atoms with Crippen molar-refractivity contribution >= 4 is 5.97 Å². The zero-order chi connectivity index (χ0) is 15.9. The Bertz CT molecular complexity index is 613. The Morgan fingerprint density at radius 1 is 1.14 bits per heavy atom. The molecule has 0 saturated carbocycles. The topological polar surface area (TPSA) is 49.8 Å². The van der Waals surface area contributed by atoms with Crippen LogP contribution in [-0.2, 0) is 11.3 Å². The summed E-state index contributed by atoms with van der Waals surface area (Å²) in [6, 6.07) is 17.5. The van der Waals surface area contributed by atoms with Crippen molar-refractivity contribution in [2.45, 2.75) is 13.5 Å². The summed E-state index contributed by atoms with van der Waals surface area (Å²) in [7, 11) is 1.92. The maximum absolute atomic E-state index is 10.9. The van der Waals surface area contributed by atoms with Gasteiger partial charge in [-0.3, -0.25) is 4.79 Å². The first-order valence-electron chi connectivity index (χ1n) is 7.28. The minimum atomic E-state index is -0.770. The SMILES string of the molecule is CC(CN(C)Cc1cccc(Oc2ccccc2)c1)C(=O)O. The predicted octanol–water partition coefficient (Wildman–Crippen LogP) is 3.63. The van der Waals surface area contributed by atoms with Gasteiger partial charge in [0.1, 0.15) is 11.5 Å². The van der Waals surface area contributed by atoms with E-state index in [1.807, 2.05) is 66.5 Å². The van der Waals surface area contributed by atoms with E-state index in [1.54, 1.807) is 6.92 Å². The van der Waals surface area contributed by atoms with Gasteiger partial charge in [0.2, 0.25) is 0 Å². The summed E-state index contributed by atoms with van der Waals surface area (Å²) in [4.78, 5) is 12.9. The molecule has 0 bridgehead atoms. The second-order valence-corrected chi connectivity index (χ2v) is 5.50. The van der Waals surface area contributed by atoms with Crippen LogP contribution in [0.25, 0.3) is 0 Å². The molecule has 0 amide bonds. The highest BCUT2D eigenvalue weighted by atomic mass is 16.5. The van der Waals surface area contributed by atoms with Gasteiger partial charge in [-0.05, 0) is 36.9 Å². The number of carboxylic acid groups (broad SMARTS) is 1. The number of ether oxygens (including phenoxy) is 1. The summed E-state index contributed by atoms with van der Waals surface area (Å²) < 4.78 is 5.81. The third-order valence-corrected chi connectivity index (χ3v) is 3.34. The molecule has 22 heavy (non-hydrogen) atoms. The number of hydrogen-bond acceptors (Lipinski definition) is 3. The lowest BCUT2D eigenvalue weighted by molar-refractivity contribution is -0.141. The number of benzene rings is 2. The maximum Gasteiger partial charge on any atom is 0.307 e. The Balaban J connectivity index is 1.98. The molecule has 1 atom stereocenters. The summed E-state index contributed by atoms with van der Waals surface area (Å²) in [5.41, 5.74) is 1.09. The van der Waals surface area contributed by atoms with E-state index < -0.39 is 5.97 Å². The molecule has 0 heterocycles. The molecule has 4 nitrogen and oxygen atoms in total. The number of rotatable bonds is 7. The predicted molar refractivity (Wildman–Crippen MR) is 86.1 cm³/mol. The van der Waals surface area contributed by atoms with Crippen LogP contribution in [0.2, 0.25) is 0 Å². The van der Waals surface area contributed by atoms with E-state index in [4.69, 9.17) is 9.84 Å². The van der Waals surface area contributed by atoms with Gasteiger partial charge in [-0.1, -0.05) is 37.3 Å². The van der Waals surface area contributed by atoms with Crippen molar-refractivity contribution in [3.8, 4) is 11.5 Å². The van der Waals surface area contributed by atoms with Crippen LogP contribution in [0.15, 0.2) is 54.6 Å². The largest absolute Gasteiger partial charge is 0.481 e. The Morgan fingerprint density at radius 3 is 2.50 bits per heavy atom. The van der Waals surface area contributed by atoms with Gasteiger partial charge in [-0.25, -0.2) is 0 Å². The standard InChI is InChI=1S/C18H21NO3/c1-14(18(20)21)12-19(2)13-15-7-6-10-17(11-15)22-16-8-4-3-5-9-16/h3-11,14H,12-13H2,1-2H3,(H,20,21). The molecule has 1 unspecified atom stereocenters. The lowest BCUT2D eigenvalue weighted by atomic mass is 10.1. The van der Waals surface area contributed by atoms with Crippen LogP contribution >= 0.6 is 0 Å².